The zero-order chi connectivity index (χ0) is 17.7. The van der Waals surface area contributed by atoms with Gasteiger partial charge >= 0.3 is 0 Å². The fourth-order valence-electron chi connectivity index (χ4n) is 3.71. The van der Waals surface area contributed by atoms with Crippen LogP contribution >= 0.6 is 11.3 Å². The van der Waals surface area contributed by atoms with E-state index in [-0.39, 0.29) is 17.8 Å². The Balaban J connectivity index is 1.52. The molecule has 1 fully saturated rings. The first-order valence-corrected chi connectivity index (χ1v) is 9.88. The average Bonchev–Trinajstić information content (AvgIpc) is 3.18. The molecular formula is C19H19FN4OS. The maximum atomic E-state index is 13.5. The van der Waals surface area contributed by atoms with E-state index < -0.39 is 0 Å². The Morgan fingerprint density at radius 3 is 3.12 bits per heavy atom. The molecule has 5 nitrogen and oxygen atoms in total. The van der Waals surface area contributed by atoms with Gasteiger partial charge in [-0.1, -0.05) is 12.8 Å². The lowest BCUT2D eigenvalue weighted by Gasteiger charge is -2.33. The van der Waals surface area contributed by atoms with Crippen LogP contribution in [0.1, 0.15) is 48.1 Å². The molecule has 5 rings (SSSR count). The number of nitrogens with one attached hydrogen (secondary N) is 1. The van der Waals surface area contributed by atoms with Gasteiger partial charge in [0.25, 0.3) is 0 Å². The van der Waals surface area contributed by atoms with Crippen molar-refractivity contribution in [3.63, 3.8) is 0 Å². The third kappa shape index (κ3) is 2.80. The van der Waals surface area contributed by atoms with Crippen molar-refractivity contribution in [1.29, 1.82) is 0 Å². The molecule has 0 saturated heterocycles. The van der Waals surface area contributed by atoms with E-state index in [4.69, 9.17) is 0 Å². The lowest BCUT2D eigenvalue weighted by atomic mass is 10.0. The Bertz CT molecular complexity index is 977. The van der Waals surface area contributed by atoms with Gasteiger partial charge in [-0.15, -0.1) is 11.3 Å². The summed E-state index contributed by atoms with van der Waals surface area (Å²) in [6.45, 7) is 0.660. The van der Waals surface area contributed by atoms with Crippen LogP contribution in [0, 0.1) is 11.7 Å². The Kier molecular flexibility index (Phi) is 3.77. The third-order valence-electron chi connectivity index (χ3n) is 5.31. The number of fused-ring (bicyclic) bond motifs is 2. The number of aromatic nitrogens is 3. The summed E-state index contributed by atoms with van der Waals surface area (Å²) in [7, 11) is 0. The molecule has 0 unspecified atom stereocenters. The Hall–Kier alpha value is -2.28. The van der Waals surface area contributed by atoms with Crippen LogP contribution in [0.15, 0.2) is 24.5 Å². The number of nitrogens with zero attached hydrogens (tertiary/aromatic N) is 3. The number of imidazole rings is 1. The molecule has 1 N–H and O–H groups in total. The summed E-state index contributed by atoms with van der Waals surface area (Å²) in [6, 6.07) is 4.36. The van der Waals surface area contributed by atoms with Gasteiger partial charge < -0.3 is 9.88 Å². The quantitative estimate of drug-likeness (QED) is 0.759. The molecule has 2 aromatic heterocycles. The third-order valence-corrected chi connectivity index (χ3v) is 6.40. The fourth-order valence-corrected chi connectivity index (χ4v) is 4.77. The number of benzene rings is 1. The number of carbonyl (C=O) groups is 1. The van der Waals surface area contributed by atoms with Crippen molar-refractivity contribution in [3.8, 4) is 0 Å². The lowest BCUT2D eigenvalue weighted by Crippen LogP contribution is -2.40. The molecule has 1 aliphatic heterocycles. The number of amides is 1. The molecule has 1 aromatic carbocycles. The molecule has 3 heterocycles. The number of H-pyrrole nitrogens is 1. The molecule has 134 valence electrons. The molecule has 2 aliphatic rings. The van der Waals surface area contributed by atoms with Crippen LogP contribution < -0.4 is 0 Å². The van der Waals surface area contributed by atoms with E-state index in [1.165, 1.54) is 36.3 Å². The van der Waals surface area contributed by atoms with Crippen molar-refractivity contribution < 1.29 is 9.18 Å². The highest BCUT2D eigenvalue weighted by atomic mass is 32.1. The first-order chi connectivity index (χ1) is 12.7. The predicted molar refractivity (Wildman–Crippen MR) is 97.4 cm³/mol. The van der Waals surface area contributed by atoms with Crippen LogP contribution in [0.5, 0.6) is 0 Å². The van der Waals surface area contributed by atoms with E-state index in [0.717, 1.165) is 39.9 Å². The van der Waals surface area contributed by atoms with Crippen LogP contribution in [0.4, 0.5) is 4.39 Å². The summed E-state index contributed by atoms with van der Waals surface area (Å²) < 4.78 is 14.5. The summed E-state index contributed by atoms with van der Waals surface area (Å²) in [4.78, 5) is 27.2. The van der Waals surface area contributed by atoms with Crippen molar-refractivity contribution in [1.82, 2.24) is 19.9 Å². The average molecular weight is 370 g/mol. The second-order valence-corrected chi connectivity index (χ2v) is 8.21. The summed E-state index contributed by atoms with van der Waals surface area (Å²) >= 11 is 1.51. The number of hydrogen-bond acceptors (Lipinski definition) is 4. The van der Waals surface area contributed by atoms with Gasteiger partial charge in [-0.2, -0.15) is 0 Å². The smallest absolute Gasteiger partial charge is 0.223 e. The van der Waals surface area contributed by atoms with Gasteiger partial charge in [-0.3, -0.25) is 4.79 Å². The highest BCUT2D eigenvalue weighted by Crippen LogP contribution is 2.39. The van der Waals surface area contributed by atoms with Crippen molar-refractivity contribution in [2.45, 2.75) is 38.1 Å². The van der Waals surface area contributed by atoms with Gasteiger partial charge in [0.15, 0.2) is 0 Å². The molecule has 0 bridgehead atoms. The first-order valence-electron chi connectivity index (χ1n) is 9.06. The minimum absolute atomic E-state index is 0.168. The number of aromatic amines is 1. The van der Waals surface area contributed by atoms with E-state index >= 15 is 0 Å². The number of thiazole rings is 1. The monoisotopic (exact) mass is 370 g/mol. The number of rotatable bonds is 4. The van der Waals surface area contributed by atoms with Gasteiger partial charge in [0.1, 0.15) is 16.9 Å². The standard InChI is InChI=1S/C19H19FN4OS/c20-12-4-5-15-14(9-12)23-19(26-15)18-17-13(21-10-22-17)7-8-24(18)16(25)6-3-11-1-2-11/h4-5,9-11,18H,1-3,6-8H2,(H,21,22)/t18-/m0/s1. The molecule has 1 saturated carbocycles. The minimum Gasteiger partial charge on any atom is -0.348 e. The van der Waals surface area contributed by atoms with Gasteiger partial charge in [-0.05, 0) is 24.5 Å². The second kappa shape index (κ2) is 6.16. The van der Waals surface area contributed by atoms with Gasteiger partial charge in [0.05, 0.1) is 22.2 Å². The lowest BCUT2D eigenvalue weighted by molar-refractivity contribution is -0.133. The SMILES string of the molecule is O=C(CCC1CC1)N1CCc2[nH]cnc2[C@H]1c1nc2cc(F)ccc2s1. The van der Waals surface area contributed by atoms with Crippen molar-refractivity contribution in [2.75, 3.05) is 6.54 Å². The summed E-state index contributed by atoms with van der Waals surface area (Å²) in [5.74, 6) is 0.602. The van der Waals surface area contributed by atoms with Crippen LogP contribution in [-0.4, -0.2) is 32.3 Å². The largest absolute Gasteiger partial charge is 0.348 e. The van der Waals surface area contributed by atoms with E-state index in [9.17, 15) is 9.18 Å². The van der Waals surface area contributed by atoms with Crippen LogP contribution in [0.25, 0.3) is 10.2 Å². The molecule has 3 aromatic rings. The zero-order valence-corrected chi connectivity index (χ0v) is 15.1. The van der Waals surface area contributed by atoms with Gasteiger partial charge in [-0.25, -0.2) is 14.4 Å². The highest BCUT2D eigenvalue weighted by Gasteiger charge is 2.36. The molecule has 1 atom stereocenters. The van der Waals surface area contributed by atoms with E-state index in [2.05, 4.69) is 15.0 Å². The van der Waals surface area contributed by atoms with Crippen LogP contribution in [0.3, 0.4) is 0 Å². The minimum atomic E-state index is -0.296. The Morgan fingerprint density at radius 2 is 2.27 bits per heavy atom. The molecule has 1 amide bonds. The highest BCUT2D eigenvalue weighted by molar-refractivity contribution is 7.18. The van der Waals surface area contributed by atoms with Crippen molar-refractivity contribution in [3.05, 3.63) is 46.7 Å². The number of halogens is 1. The Labute approximate surface area is 154 Å². The van der Waals surface area contributed by atoms with E-state index in [1.807, 2.05) is 4.90 Å². The van der Waals surface area contributed by atoms with E-state index in [0.29, 0.717) is 18.5 Å². The molecular weight excluding hydrogens is 351 g/mol. The van der Waals surface area contributed by atoms with Gasteiger partial charge in [0.2, 0.25) is 5.91 Å². The van der Waals surface area contributed by atoms with Crippen LogP contribution in [-0.2, 0) is 11.2 Å². The van der Waals surface area contributed by atoms with Crippen molar-refractivity contribution >= 4 is 27.5 Å². The zero-order valence-electron chi connectivity index (χ0n) is 14.2. The van der Waals surface area contributed by atoms with E-state index in [1.54, 1.807) is 12.4 Å². The molecule has 0 radical (unpaired) electrons. The first kappa shape index (κ1) is 15.9. The molecule has 1 aliphatic carbocycles. The number of hydrogen-bond donors (Lipinski definition) is 1. The molecule has 0 spiro atoms. The summed E-state index contributed by atoms with van der Waals surface area (Å²) in [5.41, 5.74) is 2.57. The summed E-state index contributed by atoms with van der Waals surface area (Å²) in [6.07, 6.45) is 6.53. The maximum Gasteiger partial charge on any atom is 0.223 e. The second-order valence-electron chi connectivity index (χ2n) is 7.15. The summed E-state index contributed by atoms with van der Waals surface area (Å²) in [5, 5.41) is 0.804. The molecule has 26 heavy (non-hydrogen) atoms. The van der Waals surface area contributed by atoms with Crippen LogP contribution in [0.2, 0.25) is 0 Å². The topological polar surface area (TPSA) is 61.9 Å². The Morgan fingerprint density at radius 1 is 1.38 bits per heavy atom. The maximum absolute atomic E-state index is 13.5. The van der Waals surface area contributed by atoms with Gasteiger partial charge in [0, 0.05) is 31.1 Å². The number of carbonyl (C=O) groups excluding carboxylic acids is 1. The van der Waals surface area contributed by atoms with Crippen molar-refractivity contribution in [2.24, 2.45) is 5.92 Å². The fraction of sp³-hybridized carbons (Fsp3) is 0.421. The molecule has 7 heteroatoms. The normalized spacial score (nSPS) is 19.7. The predicted octanol–water partition coefficient (Wildman–Crippen LogP) is 3.82.